The van der Waals surface area contributed by atoms with Crippen molar-refractivity contribution in [3.63, 3.8) is 0 Å². The summed E-state index contributed by atoms with van der Waals surface area (Å²) in [7, 11) is 0. The predicted molar refractivity (Wildman–Crippen MR) is 133 cm³/mol. The van der Waals surface area contributed by atoms with E-state index in [0.717, 1.165) is 44.9 Å². The van der Waals surface area contributed by atoms with Gasteiger partial charge < -0.3 is 19.7 Å². The molecule has 0 aliphatic carbocycles. The lowest BCUT2D eigenvalue weighted by Gasteiger charge is -2.28. The summed E-state index contributed by atoms with van der Waals surface area (Å²) in [5.74, 6) is -3.67. The lowest BCUT2D eigenvalue weighted by atomic mass is 9.98. The molecule has 0 spiro atoms. The molecule has 0 bridgehead atoms. The van der Waals surface area contributed by atoms with Crippen LogP contribution in [-0.2, 0) is 25.5 Å². The van der Waals surface area contributed by atoms with E-state index in [1.165, 1.54) is 50.5 Å². The molecule has 2 atom stereocenters. The van der Waals surface area contributed by atoms with Gasteiger partial charge in [0, 0.05) is 12.8 Å². The number of benzene rings is 1. The van der Waals surface area contributed by atoms with Crippen LogP contribution < -0.4 is 0 Å². The number of hydrogen-bond acceptors (Lipinski definition) is 4. The van der Waals surface area contributed by atoms with Crippen molar-refractivity contribution in [1.29, 1.82) is 0 Å². The van der Waals surface area contributed by atoms with Gasteiger partial charge in [0.1, 0.15) is 0 Å². The highest BCUT2D eigenvalue weighted by Gasteiger charge is 2.53. The van der Waals surface area contributed by atoms with Crippen LogP contribution in [0.15, 0.2) is 30.3 Å². The largest absolute Gasteiger partial charge is 0.479 e. The van der Waals surface area contributed by atoms with Crippen LogP contribution in [0.5, 0.6) is 0 Å². The molecule has 1 aliphatic heterocycles. The van der Waals surface area contributed by atoms with Crippen LogP contribution in [0.25, 0.3) is 0 Å². The zero-order valence-electron chi connectivity index (χ0n) is 20.9. The molecule has 0 saturated carbocycles. The fraction of sp³-hybridized carbons (Fsp3) is 0.714. The topological polar surface area (TPSA) is 93.1 Å². The van der Waals surface area contributed by atoms with Gasteiger partial charge in [-0.25, -0.2) is 9.59 Å². The smallest absolute Gasteiger partial charge is 0.336 e. The SMILES string of the molecule is CCCCCCCCCCCCC1(CCCCCc2ccccc2)O[C@H](C(=O)O)[C@@H](C(=O)O)O1. The Kier molecular flexibility index (Phi) is 13.2. The van der Waals surface area contributed by atoms with Crippen molar-refractivity contribution in [1.82, 2.24) is 0 Å². The molecule has 0 amide bonds. The first kappa shape index (κ1) is 28.3. The Balaban J connectivity index is 1.78. The van der Waals surface area contributed by atoms with E-state index in [0.29, 0.717) is 12.8 Å². The first-order valence-corrected chi connectivity index (χ1v) is 13.3. The maximum absolute atomic E-state index is 11.6. The van der Waals surface area contributed by atoms with Gasteiger partial charge in [0.25, 0.3) is 0 Å². The van der Waals surface area contributed by atoms with Gasteiger partial charge >= 0.3 is 11.9 Å². The molecule has 0 radical (unpaired) electrons. The van der Waals surface area contributed by atoms with Gasteiger partial charge in [-0.05, 0) is 31.2 Å². The molecule has 34 heavy (non-hydrogen) atoms. The quantitative estimate of drug-likeness (QED) is 0.215. The number of aryl methyl sites for hydroxylation is 1. The standard InChI is InChI=1S/C28H44O6/c1-2-3-4-5-6-7-8-9-10-16-21-28(33-24(26(29)30)25(34-28)27(31)32)22-17-12-15-20-23-18-13-11-14-19-23/h11,13-14,18-19,24-25H,2-10,12,15-17,20-22H2,1H3,(H,29,30)(H,31,32)/t24-,25-/m0/s1. The normalized spacial score (nSPS) is 19.3. The van der Waals surface area contributed by atoms with E-state index in [1.54, 1.807) is 0 Å². The van der Waals surface area contributed by atoms with E-state index in [9.17, 15) is 19.8 Å². The Morgan fingerprint density at radius 1 is 0.706 bits per heavy atom. The molecule has 1 aromatic rings. The molecule has 1 heterocycles. The molecule has 192 valence electrons. The second-order valence-electron chi connectivity index (χ2n) is 9.64. The summed E-state index contributed by atoms with van der Waals surface area (Å²) < 4.78 is 11.7. The van der Waals surface area contributed by atoms with Gasteiger partial charge in [-0.1, -0.05) is 101 Å². The van der Waals surface area contributed by atoms with Crippen molar-refractivity contribution >= 4 is 11.9 Å². The number of carboxylic acid groups (broad SMARTS) is 2. The number of hydrogen-bond donors (Lipinski definition) is 2. The molecule has 6 heteroatoms. The third kappa shape index (κ3) is 10.1. The van der Waals surface area contributed by atoms with Gasteiger partial charge in [0.15, 0.2) is 18.0 Å². The first-order chi connectivity index (χ1) is 16.5. The van der Waals surface area contributed by atoms with Crippen molar-refractivity contribution in [2.75, 3.05) is 0 Å². The molecular formula is C28H44O6. The van der Waals surface area contributed by atoms with E-state index < -0.39 is 29.9 Å². The highest BCUT2D eigenvalue weighted by molar-refractivity contribution is 5.84. The highest BCUT2D eigenvalue weighted by Crippen LogP contribution is 2.38. The number of unbranched alkanes of at least 4 members (excludes halogenated alkanes) is 11. The summed E-state index contributed by atoms with van der Waals surface area (Å²) in [5, 5.41) is 19.0. The second-order valence-corrected chi connectivity index (χ2v) is 9.64. The van der Waals surface area contributed by atoms with Crippen LogP contribution in [0, 0.1) is 0 Å². The minimum atomic E-state index is -1.45. The van der Waals surface area contributed by atoms with Crippen LogP contribution in [-0.4, -0.2) is 40.1 Å². The number of carbonyl (C=O) groups is 2. The number of rotatable bonds is 19. The zero-order chi connectivity index (χ0) is 24.7. The molecule has 2 N–H and O–H groups in total. The average molecular weight is 477 g/mol. The third-order valence-electron chi connectivity index (χ3n) is 6.72. The number of aliphatic carboxylic acids is 2. The van der Waals surface area contributed by atoms with Crippen molar-refractivity contribution in [3.05, 3.63) is 35.9 Å². The molecule has 1 saturated heterocycles. The Morgan fingerprint density at radius 2 is 1.15 bits per heavy atom. The fourth-order valence-corrected chi connectivity index (χ4v) is 4.76. The van der Waals surface area contributed by atoms with E-state index >= 15 is 0 Å². The van der Waals surface area contributed by atoms with E-state index in [2.05, 4.69) is 19.1 Å². The zero-order valence-corrected chi connectivity index (χ0v) is 20.9. The van der Waals surface area contributed by atoms with Crippen molar-refractivity contribution in [3.8, 4) is 0 Å². The summed E-state index contributed by atoms with van der Waals surface area (Å²) in [6.45, 7) is 2.23. The first-order valence-electron chi connectivity index (χ1n) is 13.3. The van der Waals surface area contributed by atoms with Gasteiger partial charge in [-0.3, -0.25) is 0 Å². The Hall–Kier alpha value is -1.92. The Labute approximate surface area is 205 Å². The summed E-state index contributed by atoms with van der Waals surface area (Å²) in [5.41, 5.74) is 1.30. The van der Waals surface area contributed by atoms with E-state index in [4.69, 9.17) is 9.47 Å². The molecule has 1 aliphatic rings. The van der Waals surface area contributed by atoms with E-state index in [1.807, 2.05) is 18.2 Å². The maximum Gasteiger partial charge on any atom is 0.336 e. The minimum absolute atomic E-state index is 0.521. The molecule has 0 unspecified atom stereocenters. The van der Waals surface area contributed by atoms with Crippen LogP contribution in [0.3, 0.4) is 0 Å². The van der Waals surface area contributed by atoms with Crippen LogP contribution in [0.2, 0.25) is 0 Å². The summed E-state index contributed by atoms with van der Waals surface area (Å²) in [4.78, 5) is 23.2. The highest BCUT2D eigenvalue weighted by atomic mass is 16.8. The van der Waals surface area contributed by atoms with Gasteiger partial charge in [0.2, 0.25) is 0 Å². The Morgan fingerprint density at radius 3 is 1.62 bits per heavy atom. The fourth-order valence-electron chi connectivity index (χ4n) is 4.76. The summed E-state index contributed by atoms with van der Waals surface area (Å²) in [6, 6.07) is 10.3. The third-order valence-corrected chi connectivity index (χ3v) is 6.72. The van der Waals surface area contributed by atoms with Crippen molar-refractivity contribution in [2.24, 2.45) is 0 Å². The van der Waals surface area contributed by atoms with Crippen LogP contribution in [0.4, 0.5) is 0 Å². The monoisotopic (exact) mass is 476 g/mol. The van der Waals surface area contributed by atoms with E-state index in [-0.39, 0.29) is 0 Å². The van der Waals surface area contributed by atoms with Crippen molar-refractivity contribution in [2.45, 2.75) is 128 Å². The number of carboxylic acids is 2. The summed E-state index contributed by atoms with van der Waals surface area (Å²) in [6.07, 6.45) is 13.9. The molecule has 0 aromatic heterocycles. The Bertz CT molecular complexity index is 682. The lowest BCUT2D eigenvalue weighted by Crippen LogP contribution is -2.36. The maximum atomic E-state index is 11.6. The van der Waals surface area contributed by atoms with Gasteiger partial charge in [-0.15, -0.1) is 0 Å². The van der Waals surface area contributed by atoms with Gasteiger partial charge in [-0.2, -0.15) is 0 Å². The lowest BCUT2D eigenvalue weighted by molar-refractivity contribution is -0.195. The molecule has 2 rings (SSSR count). The van der Waals surface area contributed by atoms with Gasteiger partial charge in [0.05, 0.1) is 0 Å². The van der Waals surface area contributed by atoms with Crippen LogP contribution >= 0.6 is 0 Å². The molecular weight excluding hydrogens is 432 g/mol. The molecule has 1 aromatic carbocycles. The van der Waals surface area contributed by atoms with Crippen LogP contribution in [0.1, 0.15) is 109 Å². The average Bonchev–Trinajstić information content (AvgIpc) is 3.21. The predicted octanol–water partition coefficient (Wildman–Crippen LogP) is 6.75. The second kappa shape index (κ2) is 15.9. The minimum Gasteiger partial charge on any atom is -0.479 e. The van der Waals surface area contributed by atoms with Crippen molar-refractivity contribution < 1.29 is 29.3 Å². The number of ether oxygens (including phenoxy) is 2. The molecule has 6 nitrogen and oxygen atoms in total. The molecule has 1 fully saturated rings. The summed E-state index contributed by atoms with van der Waals surface area (Å²) >= 11 is 0.